The van der Waals surface area contributed by atoms with Gasteiger partial charge in [-0.15, -0.1) is 0 Å². The molecule has 0 saturated heterocycles. The van der Waals surface area contributed by atoms with Crippen molar-refractivity contribution in [3.05, 3.63) is 119 Å². The van der Waals surface area contributed by atoms with Crippen molar-refractivity contribution in [1.82, 2.24) is 4.72 Å². The Morgan fingerprint density at radius 2 is 0.646 bits per heavy atom. The zero-order valence-corrected chi connectivity index (χ0v) is 29.7. The highest BCUT2D eigenvalue weighted by Crippen LogP contribution is 2.24. The molecule has 0 aliphatic heterocycles. The van der Waals surface area contributed by atoms with E-state index in [1.54, 1.807) is 27.7 Å². The van der Waals surface area contributed by atoms with E-state index in [2.05, 4.69) is 4.72 Å². The lowest BCUT2D eigenvalue weighted by Gasteiger charge is -2.32. The molecule has 4 aromatic rings. The third kappa shape index (κ3) is 9.57. The predicted octanol–water partition coefficient (Wildman–Crippen LogP) is 4.15. The largest absolute Gasteiger partial charge is 0.297 e. The number of rotatable bonds is 15. The minimum atomic E-state index is -4.62. The van der Waals surface area contributed by atoms with Gasteiger partial charge < -0.3 is 0 Å². The van der Waals surface area contributed by atoms with Crippen molar-refractivity contribution < 1.29 is 46.2 Å². The summed E-state index contributed by atoms with van der Waals surface area (Å²) in [4.78, 5) is -1.15. The second kappa shape index (κ2) is 14.6. The van der Waals surface area contributed by atoms with E-state index in [-0.39, 0.29) is 19.6 Å². The Hall–Kier alpha value is -3.48. The fourth-order valence-corrected chi connectivity index (χ4v) is 8.48. The van der Waals surface area contributed by atoms with E-state index in [0.717, 1.165) is 22.3 Å². The highest BCUT2D eigenvalue weighted by molar-refractivity contribution is 7.89. The SMILES string of the molecule is Cc1ccc(S(=O)(=O)NC(COS(=O)(=O)c2ccc(C)cc2)(COS(=O)(=O)c2ccc(C)cc2)COS(=O)(=O)c2ccc(C)cc2)cc1. The maximum absolute atomic E-state index is 13.7. The zero-order chi connectivity index (χ0) is 35.4. The van der Waals surface area contributed by atoms with E-state index in [9.17, 15) is 33.7 Å². The minimum absolute atomic E-state index is 0.287. The lowest BCUT2D eigenvalue weighted by molar-refractivity contribution is 0.0931. The molecule has 0 radical (unpaired) electrons. The van der Waals surface area contributed by atoms with Crippen LogP contribution in [0.4, 0.5) is 0 Å². The number of hydrogen-bond donors (Lipinski definition) is 1. The minimum Gasteiger partial charge on any atom is -0.264 e. The molecule has 0 amide bonds. The summed E-state index contributed by atoms with van der Waals surface area (Å²) in [6.07, 6.45) is 0. The van der Waals surface area contributed by atoms with Crippen molar-refractivity contribution in [2.75, 3.05) is 19.8 Å². The van der Waals surface area contributed by atoms with Gasteiger partial charge in [-0.1, -0.05) is 70.8 Å². The fourth-order valence-electron chi connectivity index (χ4n) is 4.16. The first-order chi connectivity index (χ1) is 22.3. The maximum Gasteiger partial charge on any atom is 0.297 e. The number of hydrogen-bond acceptors (Lipinski definition) is 11. The average molecular weight is 738 g/mol. The van der Waals surface area contributed by atoms with Crippen LogP contribution >= 0.6 is 0 Å². The van der Waals surface area contributed by atoms with Crippen LogP contribution in [-0.2, 0) is 52.9 Å². The van der Waals surface area contributed by atoms with Gasteiger partial charge in [0.15, 0.2) is 0 Å². The van der Waals surface area contributed by atoms with Crippen molar-refractivity contribution in [3.63, 3.8) is 0 Å². The van der Waals surface area contributed by atoms with E-state index in [1.165, 1.54) is 97.1 Å². The quantitative estimate of drug-likeness (QED) is 0.174. The number of nitrogens with one attached hydrogen (secondary N) is 1. The highest BCUT2D eigenvalue weighted by atomic mass is 32.2. The first-order valence-electron chi connectivity index (χ1n) is 14.3. The average Bonchev–Trinajstić information content (AvgIpc) is 3.03. The molecule has 0 saturated carbocycles. The van der Waals surface area contributed by atoms with E-state index >= 15 is 0 Å². The van der Waals surface area contributed by atoms with Crippen molar-refractivity contribution in [3.8, 4) is 0 Å². The molecule has 0 bridgehead atoms. The second-order valence-corrected chi connectivity index (χ2v) is 17.8. The van der Waals surface area contributed by atoms with Crippen LogP contribution in [-0.4, -0.2) is 59.0 Å². The van der Waals surface area contributed by atoms with Gasteiger partial charge >= 0.3 is 0 Å². The van der Waals surface area contributed by atoms with Gasteiger partial charge in [0.05, 0.1) is 39.4 Å². The third-order valence-corrected chi connectivity index (χ3v) is 12.5. The first-order valence-corrected chi connectivity index (χ1v) is 20.0. The molecular formula is C32H35NO11S4. The molecule has 0 atom stereocenters. The van der Waals surface area contributed by atoms with Gasteiger partial charge in [-0.2, -0.15) is 30.0 Å². The Labute approximate surface area is 282 Å². The molecule has 48 heavy (non-hydrogen) atoms. The van der Waals surface area contributed by atoms with Crippen LogP contribution in [0, 0.1) is 27.7 Å². The van der Waals surface area contributed by atoms with E-state index in [4.69, 9.17) is 12.5 Å². The van der Waals surface area contributed by atoms with Gasteiger partial charge in [-0.3, -0.25) is 12.5 Å². The lowest BCUT2D eigenvalue weighted by Crippen LogP contribution is -2.59. The Morgan fingerprint density at radius 3 is 0.896 bits per heavy atom. The van der Waals surface area contributed by atoms with Crippen molar-refractivity contribution in [2.24, 2.45) is 0 Å². The Balaban J connectivity index is 1.80. The zero-order valence-electron chi connectivity index (χ0n) is 26.5. The molecule has 16 heteroatoms. The first kappa shape index (κ1) is 37.3. The Kier molecular flexibility index (Phi) is 11.3. The van der Waals surface area contributed by atoms with E-state index in [0.29, 0.717) is 0 Å². The summed E-state index contributed by atoms with van der Waals surface area (Å²) in [5, 5.41) is 0. The van der Waals surface area contributed by atoms with Gasteiger partial charge in [0.1, 0.15) is 5.54 Å². The summed E-state index contributed by atoms with van der Waals surface area (Å²) in [5.74, 6) is 0. The van der Waals surface area contributed by atoms with Crippen LogP contribution in [0.15, 0.2) is 117 Å². The third-order valence-electron chi connectivity index (χ3n) is 7.08. The van der Waals surface area contributed by atoms with E-state index in [1.807, 2.05) is 0 Å². The normalized spacial score (nSPS) is 13.0. The van der Waals surface area contributed by atoms with Crippen LogP contribution in [0.25, 0.3) is 0 Å². The molecule has 0 aromatic heterocycles. The smallest absolute Gasteiger partial charge is 0.264 e. The number of sulfonamides is 1. The van der Waals surface area contributed by atoms with Gasteiger partial charge in [0.2, 0.25) is 10.0 Å². The molecule has 1 N–H and O–H groups in total. The molecule has 0 aliphatic carbocycles. The summed E-state index contributed by atoms with van der Waals surface area (Å²) in [5.41, 5.74) is 0.514. The van der Waals surface area contributed by atoms with Gasteiger partial charge in [-0.05, 0) is 76.2 Å². The van der Waals surface area contributed by atoms with Crippen LogP contribution < -0.4 is 4.72 Å². The van der Waals surface area contributed by atoms with Crippen LogP contribution in [0.3, 0.4) is 0 Å². The standard InChI is InChI=1S/C32H35NO11S4/c1-24-5-13-28(14-6-24)45(34,35)33-32(21-42-46(36,37)29-15-7-25(2)8-16-29,22-43-47(38,39)30-17-9-26(3)10-18-30)23-44-48(40,41)31-19-11-27(4)12-20-31/h5-20,33H,21-23H2,1-4H3. The van der Waals surface area contributed by atoms with Crippen LogP contribution in [0.2, 0.25) is 0 Å². The summed E-state index contributed by atoms with van der Waals surface area (Å²) in [6, 6.07) is 22.2. The summed E-state index contributed by atoms with van der Waals surface area (Å²) in [6.45, 7) is 3.52. The van der Waals surface area contributed by atoms with Crippen molar-refractivity contribution >= 4 is 40.4 Å². The van der Waals surface area contributed by atoms with Crippen molar-refractivity contribution in [1.29, 1.82) is 0 Å². The predicted molar refractivity (Wildman–Crippen MR) is 177 cm³/mol. The van der Waals surface area contributed by atoms with Gasteiger partial charge in [-0.25, -0.2) is 8.42 Å². The molecule has 0 fully saturated rings. The number of benzene rings is 4. The monoisotopic (exact) mass is 737 g/mol. The fraction of sp³-hybridized carbons (Fsp3) is 0.250. The second-order valence-electron chi connectivity index (χ2n) is 11.3. The molecule has 4 aromatic carbocycles. The highest BCUT2D eigenvalue weighted by Gasteiger charge is 2.42. The molecule has 12 nitrogen and oxygen atoms in total. The summed E-state index contributed by atoms with van der Waals surface area (Å²) >= 11 is 0. The topological polar surface area (TPSA) is 176 Å². The van der Waals surface area contributed by atoms with E-state index < -0.39 is 65.7 Å². The molecular weight excluding hydrogens is 703 g/mol. The molecule has 4 rings (SSSR count). The molecule has 0 aliphatic rings. The Bertz CT molecular complexity index is 1970. The van der Waals surface area contributed by atoms with Crippen molar-refractivity contribution in [2.45, 2.75) is 52.8 Å². The van der Waals surface area contributed by atoms with Crippen LogP contribution in [0.5, 0.6) is 0 Å². The maximum atomic E-state index is 13.7. The molecule has 0 heterocycles. The molecule has 0 unspecified atom stereocenters. The summed E-state index contributed by atoms with van der Waals surface area (Å²) in [7, 11) is -18.4. The molecule has 0 spiro atoms. The molecule has 258 valence electrons. The van der Waals surface area contributed by atoms with Crippen LogP contribution in [0.1, 0.15) is 22.3 Å². The lowest BCUT2D eigenvalue weighted by atomic mass is 10.1. The summed E-state index contributed by atoms with van der Waals surface area (Å²) < 4.78 is 125. The number of aryl methyl sites for hydroxylation is 4. The Morgan fingerprint density at radius 1 is 0.417 bits per heavy atom. The van der Waals surface area contributed by atoms with Gasteiger partial charge in [0.25, 0.3) is 30.4 Å². The van der Waals surface area contributed by atoms with Gasteiger partial charge in [0, 0.05) is 0 Å².